The molecule has 12 heavy (non-hydrogen) atoms. The van der Waals surface area contributed by atoms with Crippen LogP contribution in [0, 0.1) is 0 Å². The standard InChI is InChI=1S/C9H17FN2/c10-8-3-5-12(6-8)7-9-2-1-4-11-9/h8-9,11H,1-7H2. The van der Waals surface area contributed by atoms with Crippen molar-refractivity contribution in [1.82, 2.24) is 10.2 Å². The average Bonchev–Trinajstić information content (AvgIpc) is 2.63. The lowest BCUT2D eigenvalue weighted by Gasteiger charge is -2.19. The van der Waals surface area contributed by atoms with Gasteiger partial charge < -0.3 is 5.32 Å². The summed E-state index contributed by atoms with van der Waals surface area (Å²) >= 11 is 0. The molecule has 0 aromatic carbocycles. The molecule has 0 radical (unpaired) electrons. The number of hydrogen-bond acceptors (Lipinski definition) is 2. The predicted octanol–water partition coefficient (Wildman–Crippen LogP) is 0.782. The summed E-state index contributed by atoms with van der Waals surface area (Å²) in [6.07, 6.45) is 2.74. The third-order valence-corrected chi connectivity index (χ3v) is 2.86. The lowest BCUT2D eigenvalue weighted by molar-refractivity contribution is 0.268. The number of alkyl halides is 1. The number of hydrogen-bond donors (Lipinski definition) is 1. The SMILES string of the molecule is FC1CCN(CC2CCCN2)C1. The molecular formula is C9H17FN2. The molecule has 0 amide bonds. The third kappa shape index (κ3) is 1.96. The van der Waals surface area contributed by atoms with Crippen molar-refractivity contribution in [2.45, 2.75) is 31.5 Å². The first-order valence-corrected chi connectivity index (χ1v) is 4.94. The van der Waals surface area contributed by atoms with Crippen LogP contribution in [0.2, 0.25) is 0 Å². The van der Waals surface area contributed by atoms with Crippen molar-refractivity contribution < 1.29 is 4.39 Å². The zero-order chi connectivity index (χ0) is 8.39. The van der Waals surface area contributed by atoms with Gasteiger partial charge in [-0.3, -0.25) is 4.90 Å². The molecule has 2 rings (SSSR count). The zero-order valence-electron chi connectivity index (χ0n) is 7.43. The maximum atomic E-state index is 12.8. The maximum absolute atomic E-state index is 12.8. The van der Waals surface area contributed by atoms with Crippen LogP contribution in [0.1, 0.15) is 19.3 Å². The Morgan fingerprint density at radius 3 is 2.92 bits per heavy atom. The van der Waals surface area contributed by atoms with E-state index < -0.39 is 6.17 Å². The molecule has 0 aromatic rings. The van der Waals surface area contributed by atoms with Crippen molar-refractivity contribution >= 4 is 0 Å². The van der Waals surface area contributed by atoms with Crippen LogP contribution in [0.25, 0.3) is 0 Å². The molecule has 2 aliphatic heterocycles. The van der Waals surface area contributed by atoms with E-state index in [0.29, 0.717) is 12.6 Å². The lowest BCUT2D eigenvalue weighted by Crippen LogP contribution is -2.36. The molecule has 2 aliphatic rings. The monoisotopic (exact) mass is 172 g/mol. The molecule has 1 N–H and O–H groups in total. The van der Waals surface area contributed by atoms with E-state index in [1.165, 1.54) is 12.8 Å². The Morgan fingerprint density at radius 2 is 2.33 bits per heavy atom. The summed E-state index contributed by atoms with van der Waals surface area (Å²) in [6.45, 7) is 3.83. The number of rotatable bonds is 2. The maximum Gasteiger partial charge on any atom is 0.114 e. The van der Waals surface area contributed by atoms with Gasteiger partial charge in [-0.1, -0.05) is 0 Å². The van der Waals surface area contributed by atoms with E-state index in [0.717, 1.165) is 26.1 Å². The van der Waals surface area contributed by atoms with E-state index in [4.69, 9.17) is 0 Å². The molecule has 0 aromatic heterocycles. The first-order chi connectivity index (χ1) is 5.84. The number of nitrogens with one attached hydrogen (secondary N) is 1. The summed E-state index contributed by atoms with van der Waals surface area (Å²) in [5, 5.41) is 3.43. The zero-order valence-corrected chi connectivity index (χ0v) is 7.43. The van der Waals surface area contributed by atoms with Crippen molar-refractivity contribution in [3.8, 4) is 0 Å². The van der Waals surface area contributed by atoms with E-state index in [2.05, 4.69) is 10.2 Å². The Morgan fingerprint density at radius 1 is 1.42 bits per heavy atom. The van der Waals surface area contributed by atoms with Gasteiger partial charge in [-0.2, -0.15) is 0 Å². The molecule has 2 nitrogen and oxygen atoms in total. The molecule has 70 valence electrons. The van der Waals surface area contributed by atoms with Crippen LogP contribution in [0.5, 0.6) is 0 Å². The van der Waals surface area contributed by atoms with Crippen LogP contribution < -0.4 is 5.32 Å². The van der Waals surface area contributed by atoms with Gasteiger partial charge in [-0.05, 0) is 25.8 Å². The quantitative estimate of drug-likeness (QED) is 0.662. The van der Waals surface area contributed by atoms with Gasteiger partial charge in [-0.15, -0.1) is 0 Å². The fourth-order valence-corrected chi connectivity index (χ4v) is 2.18. The van der Waals surface area contributed by atoms with E-state index in [9.17, 15) is 4.39 Å². The third-order valence-electron chi connectivity index (χ3n) is 2.86. The molecule has 2 atom stereocenters. The summed E-state index contributed by atoms with van der Waals surface area (Å²) < 4.78 is 12.8. The van der Waals surface area contributed by atoms with Gasteiger partial charge in [0, 0.05) is 25.7 Å². The fraction of sp³-hybridized carbons (Fsp3) is 1.00. The van der Waals surface area contributed by atoms with Gasteiger partial charge >= 0.3 is 0 Å². The minimum absolute atomic E-state index is 0.564. The van der Waals surface area contributed by atoms with Crippen molar-refractivity contribution in [2.24, 2.45) is 0 Å². The van der Waals surface area contributed by atoms with Crippen molar-refractivity contribution in [3.05, 3.63) is 0 Å². The summed E-state index contributed by atoms with van der Waals surface area (Å²) in [7, 11) is 0. The van der Waals surface area contributed by atoms with Crippen molar-refractivity contribution in [3.63, 3.8) is 0 Å². The average molecular weight is 172 g/mol. The van der Waals surface area contributed by atoms with Gasteiger partial charge in [0.2, 0.25) is 0 Å². The Kier molecular flexibility index (Phi) is 2.61. The van der Waals surface area contributed by atoms with Crippen LogP contribution in [0.3, 0.4) is 0 Å². The molecule has 0 saturated carbocycles. The van der Waals surface area contributed by atoms with Gasteiger partial charge in [0.1, 0.15) is 6.17 Å². The van der Waals surface area contributed by atoms with Crippen LogP contribution in [-0.4, -0.2) is 43.3 Å². The highest BCUT2D eigenvalue weighted by Crippen LogP contribution is 2.14. The highest BCUT2D eigenvalue weighted by Gasteiger charge is 2.25. The second kappa shape index (κ2) is 3.71. The summed E-state index contributed by atoms with van der Waals surface area (Å²) in [4.78, 5) is 2.24. The first-order valence-electron chi connectivity index (χ1n) is 4.94. The normalized spacial score (nSPS) is 37.8. The van der Waals surface area contributed by atoms with E-state index >= 15 is 0 Å². The summed E-state index contributed by atoms with van der Waals surface area (Å²) in [5.74, 6) is 0. The molecule has 2 saturated heterocycles. The number of likely N-dealkylation sites (tertiary alicyclic amines) is 1. The van der Waals surface area contributed by atoms with Crippen LogP contribution in [0.15, 0.2) is 0 Å². The minimum Gasteiger partial charge on any atom is -0.313 e. The van der Waals surface area contributed by atoms with E-state index in [1.54, 1.807) is 0 Å². The molecule has 2 fully saturated rings. The molecule has 2 heterocycles. The van der Waals surface area contributed by atoms with Crippen LogP contribution >= 0.6 is 0 Å². The predicted molar refractivity (Wildman–Crippen MR) is 47.0 cm³/mol. The Balaban J connectivity index is 1.72. The second-order valence-electron chi connectivity index (χ2n) is 3.94. The van der Waals surface area contributed by atoms with E-state index in [-0.39, 0.29) is 0 Å². The summed E-state index contributed by atoms with van der Waals surface area (Å²) in [5.41, 5.74) is 0. The fourth-order valence-electron chi connectivity index (χ4n) is 2.18. The van der Waals surface area contributed by atoms with Gasteiger partial charge in [-0.25, -0.2) is 4.39 Å². The molecule has 3 heteroatoms. The topological polar surface area (TPSA) is 15.3 Å². The molecule has 0 aliphatic carbocycles. The van der Waals surface area contributed by atoms with Gasteiger partial charge in [0.25, 0.3) is 0 Å². The van der Waals surface area contributed by atoms with E-state index in [1.807, 2.05) is 0 Å². The van der Waals surface area contributed by atoms with Crippen molar-refractivity contribution in [2.75, 3.05) is 26.2 Å². The van der Waals surface area contributed by atoms with Crippen LogP contribution in [-0.2, 0) is 0 Å². The molecule has 0 bridgehead atoms. The number of nitrogens with zero attached hydrogens (tertiary/aromatic N) is 1. The van der Waals surface area contributed by atoms with Crippen molar-refractivity contribution in [1.29, 1.82) is 0 Å². The van der Waals surface area contributed by atoms with Gasteiger partial charge in [0.15, 0.2) is 0 Å². The highest BCUT2D eigenvalue weighted by atomic mass is 19.1. The highest BCUT2D eigenvalue weighted by molar-refractivity contribution is 4.82. The van der Waals surface area contributed by atoms with Gasteiger partial charge in [0.05, 0.1) is 0 Å². The molecular weight excluding hydrogens is 155 g/mol. The lowest BCUT2D eigenvalue weighted by atomic mass is 10.2. The second-order valence-corrected chi connectivity index (χ2v) is 3.94. The Hall–Kier alpha value is -0.150. The summed E-state index contributed by atoms with van der Waals surface area (Å²) in [6, 6.07) is 0.635. The molecule has 2 unspecified atom stereocenters. The smallest absolute Gasteiger partial charge is 0.114 e. The Labute approximate surface area is 73.1 Å². The van der Waals surface area contributed by atoms with Crippen LogP contribution in [0.4, 0.5) is 4.39 Å². The minimum atomic E-state index is -0.564. The number of halogens is 1. The molecule has 0 spiro atoms. The first kappa shape index (κ1) is 8.45. The largest absolute Gasteiger partial charge is 0.313 e. The Bertz CT molecular complexity index is 145.